The molecule has 23 heavy (non-hydrogen) atoms. The summed E-state index contributed by atoms with van der Waals surface area (Å²) in [6, 6.07) is 4.63. The van der Waals surface area contributed by atoms with Crippen molar-refractivity contribution >= 4 is 11.6 Å². The molecule has 2 aromatic rings. The molecular weight excluding hydrogens is 321 g/mol. The van der Waals surface area contributed by atoms with Gasteiger partial charge in [0.25, 0.3) is 0 Å². The first-order valence-corrected chi connectivity index (χ1v) is 7.90. The molecule has 1 aliphatic heterocycles. The molecule has 1 aliphatic rings. The minimum Gasteiger partial charge on any atom is -0.384 e. The average molecular weight is 340 g/mol. The summed E-state index contributed by atoms with van der Waals surface area (Å²) in [5.74, 6) is 1.34. The topological polar surface area (TPSA) is 51.4 Å². The number of aromatic nitrogens is 2. The lowest BCUT2D eigenvalue weighted by Crippen LogP contribution is -2.21. The van der Waals surface area contributed by atoms with Crippen molar-refractivity contribution < 1.29 is 13.7 Å². The van der Waals surface area contributed by atoms with Crippen molar-refractivity contribution in [2.75, 3.05) is 26.8 Å². The molecule has 0 unspecified atom stereocenters. The second-order valence-electron chi connectivity index (χ2n) is 5.93. The third-order valence-corrected chi connectivity index (χ3v) is 4.39. The van der Waals surface area contributed by atoms with E-state index in [-0.39, 0.29) is 17.7 Å². The second-order valence-corrected chi connectivity index (χ2v) is 6.37. The van der Waals surface area contributed by atoms with Crippen molar-refractivity contribution in [3.8, 4) is 0 Å². The SMILES string of the molecule is COC[C@@H]1CN(Cc2cc(Cl)ccc2F)C[C@H]1c1nc(C)no1. The van der Waals surface area contributed by atoms with E-state index in [9.17, 15) is 4.39 Å². The summed E-state index contributed by atoms with van der Waals surface area (Å²) in [5.41, 5.74) is 0.594. The van der Waals surface area contributed by atoms with Gasteiger partial charge in [-0.3, -0.25) is 4.90 Å². The Kier molecular flexibility index (Phi) is 4.94. The molecule has 1 aromatic carbocycles. The normalized spacial score (nSPS) is 21.9. The van der Waals surface area contributed by atoms with E-state index in [4.69, 9.17) is 20.9 Å². The molecule has 1 fully saturated rings. The molecule has 0 spiro atoms. The van der Waals surface area contributed by atoms with E-state index >= 15 is 0 Å². The number of aryl methyl sites for hydroxylation is 1. The standard InChI is InChI=1S/C16H19ClFN3O2/c1-10-19-16(23-20-10)14-8-21(7-12(14)9-22-2)6-11-5-13(17)3-4-15(11)18/h3-5,12,14H,6-9H2,1-2H3/t12-,14+/m0/s1. The lowest BCUT2D eigenvalue weighted by atomic mass is 9.97. The minimum atomic E-state index is -0.241. The van der Waals surface area contributed by atoms with Gasteiger partial charge in [-0.1, -0.05) is 16.8 Å². The third kappa shape index (κ3) is 3.71. The lowest BCUT2D eigenvalue weighted by Gasteiger charge is -2.16. The Hall–Kier alpha value is -1.50. The van der Waals surface area contributed by atoms with Gasteiger partial charge in [0.2, 0.25) is 5.89 Å². The van der Waals surface area contributed by atoms with Crippen molar-refractivity contribution in [3.05, 3.63) is 46.3 Å². The van der Waals surface area contributed by atoms with Crippen molar-refractivity contribution in [3.63, 3.8) is 0 Å². The maximum absolute atomic E-state index is 13.9. The van der Waals surface area contributed by atoms with Gasteiger partial charge in [0, 0.05) is 43.2 Å². The summed E-state index contributed by atoms with van der Waals surface area (Å²) < 4.78 is 24.6. The summed E-state index contributed by atoms with van der Waals surface area (Å²) in [6.07, 6.45) is 0. The van der Waals surface area contributed by atoms with Crippen LogP contribution in [0.3, 0.4) is 0 Å². The highest BCUT2D eigenvalue weighted by atomic mass is 35.5. The van der Waals surface area contributed by atoms with Crippen LogP contribution >= 0.6 is 11.6 Å². The largest absolute Gasteiger partial charge is 0.384 e. The Morgan fingerprint density at radius 1 is 1.43 bits per heavy atom. The van der Waals surface area contributed by atoms with Crippen molar-refractivity contribution in [2.45, 2.75) is 19.4 Å². The van der Waals surface area contributed by atoms with Crippen LogP contribution in [0.5, 0.6) is 0 Å². The fourth-order valence-electron chi connectivity index (χ4n) is 3.12. The Bertz CT molecular complexity index is 679. The van der Waals surface area contributed by atoms with E-state index < -0.39 is 0 Å². The van der Waals surface area contributed by atoms with Crippen LogP contribution in [0.2, 0.25) is 5.02 Å². The molecular formula is C16H19ClFN3O2. The molecule has 7 heteroatoms. The van der Waals surface area contributed by atoms with E-state index in [0.29, 0.717) is 35.5 Å². The van der Waals surface area contributed by atoms with Crippen LogP contribution < -0.4 is 0 Å². The molecule has 0 bridgehead atoms. The number of likely N-dealkylation sites (tertiary alicyclic amines) is 1. The predicted octanol–water partition coefficient (Wildman–Crippen LogP) is 3.03. The van der Waals surface area contributed by atoms with Crippen LogP contribution in [0.25, 0.3) is 0 Å². The van der Waals surface area contributed by atoms with E-state index in [1.165, 1.54) is 6.07 Å². The first-order valence-electron chi connectivity index (χ1n) is 7.52. The number of halogens is 2. The number of hydrogen-bond donors (Lipinski definition) is 0. The molecule has 0 N–H and O–H groups in total. The van der Waals surface area contributed by atoms with Crippen molar-refractivity contribution in [1.82, 2.24) is 15.0 Å². The van der Waals surface area contributed by atoms with Gasteiger partial charge in [0.05, 0.1) is 12.5 Å². The quantitative estimate of drug-likeness (QED) is 0.838. The molecule has 0 aliphatic carbocycles. The third-order valence-electron chi connectivity index (χ3n) is 4.16. The Morgan fingerprint density at radius 3 is 2.96 bits per heavy atom. The molecule has 2 heterocycles. The predicted molar refractivity (Wildman–Crippen MR) is 83.8 cm³/mol. The van der Waals surface area contributed by atoms with Gasteiger partial charge < -0.3 is 9.26 Å². The minimum absolute atomic E-state index is 0.0957. The molecule has 3 rings (SSSR count). The zero-order valence-electron chi connectivity index (χ0n) is 13.1. The zero-order valence-corrected chi connectivity index (χ0v) is 13.9. The van der Waals surface area contributed by atoms with Gasteiger partial charge in [-0.05, 0) is 25.1 Å². The van der Waals surface area contributed by atoms with Gasteiger partial charge in [-0.2, -0.15) is 4.98 Å². The molecule has 0 amide bonds. The van der Waals surface area contributed by atoms with E-state index in [1.54, 1.807) is 26.2 Å². The highest BCUT2D eigenvalue weighted by molar-refractivity contribution is 6.30. The van der Waals surface area contributed by atoms with Crippen molar-refractivity contribution in [2.24, 2.45) is 5.92 Å². The summed E-state index contributed by atoms with van der Waals surface area (Å²) >= 11 is 5.97. The molecule has 0 radical (unpaired) electrons. The van der Waals surface area contributed by atoms with Crippen LogP contribution in [0, 0.1) is 18.7 Å². The first kappa shape index (κ1) is 16.4. The molecule has 1 aromatic heterocycles. The average Bonchev–Trinajstić information content (AvgIpc) is 3.10. The highest BCUT2D eigenvalue weighted by Gasteiger charge is 2.37. The molecule has 5 nitrogen and oxygen atoms in total. The van der Waals surface area contributed by atoms with E-state index in [0.717, 1.165) is 13.1 Å². The number of nitrogens with zero attached hydrogens (tertiary/aromatic N) is 3. The lowest BCUT2D eigenvalue weighted by molar-refractivity contribution is 0.142. The summed E-state index contributed by atoms with van der Waals surface area (Å²) in [7, 11) is 1.68. The summed E-state index contributed by atoms with van der Waals surface area (Å²) in [4.78, 5) is 6.51. The summed E-state index contributed by atoms with van der Waals surface area (Å²) in [5, 5.41) is 4.41. The molecule has 2 atom stereocenters. The number of methoxy groups -OCH3 is 1. The van der Waals surface area contributed by atoms with Gasteiger partial charge in [-0.25, -0.2) is 4.39 Å². The first-order chi connectivity index (χ1) is 11.1. The van der Waals surface area contributed by atoms with Crippen LogP contribution in [-0.2, 0) is 11.3 Å². The van der Waals surface area contributed by atoms with Crippen LogP contribution in [0.15, 0.2) is 22.7 Å². The number of rotatable bonds is 5. The monoisotopic (exact) mass is 339 g/mol. The summed E-state index contributed by atoms with van der Waals surface area (Å²) in [6.45, 7) is 4.40. The van der Waals surface area contributed by atoms with Crippen LogP contribution in [-0.4, -0.2) is 41.8 Å². The fraction of sp³-hybridized carbons (Fsp3) is 0.500. The number of ether oxygens (including phenoxy) is 1. The van der Waals surface area contributed by atoms with Gasteiger partial charge in [0.15, 0.2) is 5.82 Å². The zero-order chi connectivity index (χ0) is 16.4. The van der Waals surface area contributed by atoms with E-state index in [2.05, 4.69) is 15.0 Å². The highest BCUT2D eigenvalue weighted by Crippen LogP contribution is 2.33. The molecule has 124 valence electrons. The van der Waals surface area contributed by atoms with Gasteiger partial charge >= 0.3 is 0 Å². The Labute approximate surface area is 139 Å². The van der Waals surface area contributed by atoms with Gasteiger partial charge in [-0.15, -0.1) is 0 Å². The maximum Gasteiger partial charge on any atom is 0.231 e. The Morgan fingerprint density at radius 2 is 2.26 bits per heavy atom. The molecule has 0 saturated carbocycles. The van der Waals surface area contributed by atoms with Gasteiger partial charge in [0.1, 0.15) is 5.82 Å². The van der Waals surface area contributed by atoms with E-state index in [1.807, 2.05) is 0 Å². The number of benzene rings is 1. The van der Waals surface area contributed by atoms with Crippen LogP contribution in [0.4, 0.5) is 4.39 Å². The maximum atomic E-state index is 13.9. The Balaban J connectivity index is 1.76. The fourth-order valence-corrected chi connectivity index (χ4v) is 3.32. The van der Waals surface area contributed by atoms with Crippen LogP contribution in [0.1, 0.15) is 23.2 Å². The number of hydrogen-bond acceptors (Lipinski definition) is 5. The smallest absolute Gasteiger partial charge is 0.231 e. The molecule has 1 saturated heterocycles. The van der Waals surface area contributed by atoms with Crippen molar-refractivity contribution in [1.29, 1.82) is 0 Å². The second kappa shape index (κ2) is 6.95.